The van der Waals surface area contributed by atoms with E-state index in [1.165, 1.54) is 0 Å². The maximum Gasteiger partial charge on any atom is 0.367 e. The Labute approximate surface area is 126 Å². The molecular weight excluding hydrogens is 296 g/mol. The quantitative estimate of drug-likeness (QED) is 0.426. The molecule has 7 heteroatoms. The Hall–Kier alpha value is -3.48. The minimum absolute atomic E-state index is 0.0355. The van der Waals surface area contributed by atoms with Gasteiger partial charge in [-0.2, -0.15) is 0 Å². The van der Waals surface area contributed by atoms with Crippen LogP contribution in [0.3, 0.4) is 0 Å². The number of H-pyrrole nitrogens is 2. The Morgan fingerprint density at radius 2 is 1.22 bits per heavy atom. The molecule has 110 valence electrons. The van der Waals surface area contributed by atoms with Crippen molar-refractivity contribution < 1.29 is 4.42 Å². The van der Waals surface area contributed by atoms with Crippen molar-refractivity contribution in [2.45, 2.75) is 0 Å². The average Bonchev–Trinajstić information content (AvgIpc) is 2.83. The number of hydrogen-bond donors (Lipinski definition) is 2. The summed E-state index contributed by atoms with van der Waals surface area (Å²) in [5, 5.41) is 0. The summed E-state index contributed by atoms with van der Waals surface area (Å²) in [4.78, 5) is 38.3. The van der Waals surface area contributed by atoms with E-state index in [1.54, 1.807) is 12.1 Å². The monoisotopic (exact) mass is 304 g/mol. The lowest BCUT2D eigenvalue weighted by Gasteiger charge is -2.05. The van der Waals surface area contributed by atoms with Gasteiger partial charge in [0.15, 0.2) is 11.0 Å². The summed E-state index contributed by atoms with van der Waals surface area (Å²) in [5.41, 5.74) is 2.99. The van der Waals surface area contributed by atoms with Gasteiger partial charge < -0.3 is 14.4 Å². The molecule has 0 unspecified atom stereocenters. The van der Waals surface area contributed by atoms with E-state index < -0.39 is 11.3 Å². The van der Waals surface area contributed by atoms with Crippen LogP contribution in [0.2, 0.25) is 0 Å². The predicted octanol–water partition coefficient (Wildman–Crippen LogP) is 2.06. The van der Waals surface area contributed by atoms with Gasteiger partial charge in [0.2, 0.25) is 0 Å². The van der Waals surface area contributed by atoms with Gasteiger partial charge in [-0.15, -0.1) is 0 Å². The number of aromatic nitrogens is 4. The minimum Gasteiger partial charge on any atom is -0.383 e. The molecule has 0 radical (unpaired) electrons. The molecule has 3 aromatic heterocycles. The van der Waals surface area contributed by atoms with Crippen molar-refractivity contribution in [1.29, 1.82) is 0 Å². The third kappa shape index (κ3) is 1.64. The number of nitrogens with zero attached hydrogens (tertiary/aromatic N) is 2. The van der Waals surface area contributed by atoms with E-state index in [0.717, 1.165) is 22.1 Å². The highest BCUT2D eigenvalue weighted by atomic mass is 16.4. The second kappa shape index (κ2) is 4.04. The lowest BCUT2D eigenvalue weighted by atomic mass is 10.2. The maximum atomic E-state index is 11.6. The highest BCUT2D eigenvalue weighted by Gasteiger charge is 2.14. The summed E-state index contributed by atoms with van der Waals surface area (Å²) in [6.07, 6.45) is 0. The summed E-state index contributed by atoms with van der Waals surface area (Å²) in [6.45, 7) is 0. The number of furan rings is 1. The molecular formula is C16H8N4O3. The first-order valence-electron chi connectivity index (χ1n) is 6.94. The number of nitrogens with one attached hydrogen (secondary N) is 2. The molecule has 0 fully saturated rings. The standard InChI is InChI=1S/C16H8N4O3/c21-15-13-14(16(22)23-15)20-12-6-10-9(5-11(12)19-13)17-7-3-1-2-4-8(7)18-10/h1-6,17-18H. The van der Waals surface area contributed by atoms with Crippen LogP contribution < -0.4 is 11.3 Å². The van der Waals surface area contributed by atoms with Crippen LogP contribution in [0.15, 0.2) is 50.4 Å². The van der Waals surface area contributed by atoms with E-state index >= 15 is 0 Å². The Balaban J connectivity index is 1.97. The molecule has 5 aromatic rings. The van der Waals surface area contributed by atoms with Gasteiger partial charge in [-0.25, -0.2) is 19.6 Å². The molecule has 0 spiro atoms. The normalized spacial score (nSPS) is 11.8. The van der Waals surface area contributed by atoms with Gasteiger partial charge in [0.05, 0.1) is 33.1 Å². The first kappa shape index (κ1) is 12.1. The van der Waals surface area contributed by atoms with Crippen LogP contribution >= 0.6 is 0 Å². The lowest BCUT2D eigenvalue weighted by molar-refractivity contribution is 0.498. The molecule has 0 aliphatic heterocycles. The Morgan fingerprint density at radius 1 is 0.739 bits per heavy atom. The topological polar surface area (TPSA) is 105 Å². The average molecular weight is 304 g/mol. The first-order chi connectivity index (χ1) is 11.2. The molecule has 0 aliphatic carbocycles. The van der Waals surface area contributed by atoms with Crippen molar-refractivity contribution in [2.24, 2.45) is 0 Å². The van der Waals surface area contributed by atoms with Gasteiger partial charge in [0.1, 0.15) is 0 Å². The van der Waals surface area contributed by atoms with Gasteiger partial charge >= 0.3 is 11.3 Å². The summed E-state index contributed by atoms with van der Waals surface area (Å²) in [6, 6.07) is 11.4. The number of hydrogen-bond acceptors (Lipinski definition) is 5. The molecule has 23 heavy (non-hydrogen) atoms. The molecule has 5 rings (SSSR count). The maximum absolute atomic E-state index is 11.6. The summed E-state index contributed by atoms with van der Waals surface area (Å²) in [7, 11) is 0. The van der Waals surface area contributed by atoms with Crippen LogP contribution in [0.25, 0.3) is 44.1 Å². The first-order valence-corrected chi connectivity index (χ1v) is 6.94. The van der Waals surface area contributed by atoms with Crippen LogP contribution in [-0.2, 0) is 0 Å². The third-order valence-corrected chi connectivity index (χ3v) is 3.84. The molecule has 0 saturated carbocycles. The molecule has 2 N–H and O–H groups in total. The van der Waals surface area contributed by atoms with E-state index in [1.807, 2.05) is 24.3 Å². The largest absolute Gasteiger partial charge is 0.383 e. The smallest absolute Gasteiger partial charge is 0.367 e. The Kier molecular flexibility index (Phi) is 2.12. The van der Waals surface area contributed by atoms with Crippen LogP contribution in [-0.4, -0.2) is 19.9 Å². The van der Waals surface area contributed by atoms with Crippen molar-refractivity contribution in [1.82, 2.24) is 19.9 Å². The fourth-order valence-electron chi connectivity index (χ4n) is 2.77. The lowest BCUT2D eigenvalue weighted by Crippen LogP contribution is -1.97. The highest BCUT2D eigenvalue weighted by molar-refractivity contribution is 5.96. The predicted molar refractivity (Wildman–Crippen MR) is 85.6 cm³/mol. The number of rotatable bonds is 0. The minimum atomic E-state index is -0.756. The van der Waals surface area contributed by atoms with Crippen LogP contribution in [0.4, 0.5) is 0 Å². The van der Waals surface area contributed by atoms with Gasteiger partial charge in [-0.3, -0.25) is 0 Å². The van der Waals surface area contributed by atoms with Crippen molar-refractivity contribution in [2.75, 3.05) is 0 Å². The zero-order chi connectivity index (χ0) is 15.6. The van der Waals surface area contributed by atoms with Crippen molar-refractivity contribution >= 4 is 44.1 Å². The molecule has 3 heterocycles. The van der Waals surface area contributed by atoms with Crippen molar-refractivity contribution in [3.8, 4) is 0 Å². The molecule has 0 bridgehead atoms. The van der Waals surface area contributed by atoms with E-state index in [4.69, 9.17) is 0 Å². The zero-order valence-electron chi connectivity index (χ0n) is 11.6. The molecule has 0 amide bonds. The highest BCUT2D eigenvalue weighted by Crippen LogP contribution is 2.21. The third-order valence-electron chi connectivity index (χ3n) is 3.84. The van der Waals surface area contributed by atoms with Gasteiger partial charge in [0, 0.05) is 0 Å². The fourth-order valence-corrected chi connectivity index (χ4v) is 2.77. The number of aromatic amines is 2. The van der Waals surface area contributed by atoms with Crippen LogP contribution in [0.5, 0.6) is 0 Å². The number of benzene rings is 2. The SMILES string of the molecule is O=c1oc(=O)c2nc3cc4[nH]c5ccccc5[nH]c4cc3nc12. The van der Waals surface area contributed by atoms with Gasteiger partial charge in [-0.1, -0.05) is 12.1 Å². The van der Waals surface area contributed by atoms with Gasteiger partial charge in [-0.05, 0) is 24.3 Å². The zero-order valence-corrected chi connectivity index (χ0v) is 11.6. The summed E-state index contributed by atoms with van der Waals surface area (Å²) < 4.78 is 4.54. The summed E-state index contributed by atoms with van der Waals surface area (Å²) >= 11 is 0. The molecule has 0 aliphatic rings. The summed E-state index contributed by atoms with van der Waals surface area (Å²) in [5.74, 6) is 0. The second-order valence-electron chi connectivity index (χ2n) is 5.28. The Morgan fingerprint density at radius 3 is 1.70 bits per heavy atom. The van der Waals surface area contributed by atoms with Crippen LogP contribution in [0.1, 0.15) is 0 Å². The molecule has 0 saturated heterocycles. The van der Waals surface area contributed by atoms with Crippen LogP contribution in [0, 0.1) is 0 Å². The van der Waals surface area contributed by atoms with Gasteiger partial charge in [0.25, 0.3) is 0 Å². The van der Waals surface area contributed by atoms with Crippen molar-refractivity contribution in [3.05, 3.63) is 57.2 Å². The van der Waals surface area contributed by atoms with E-state index in [2.05, 4.69) is 24.4 Å². The fraction of sp³-hybridized carbons (Fsp3) is 0. The van der Waals surface area contributed by atoms with E-state index in [9.17, 15) is 9.59 Å². The van der Waals surface area contributed by atoms with Crippen molar-refractivity contribution in [3.63, 3.8) is 0 Å². The van der Waals surface area contributed by atoms with E-state index in [-0.39, 0.29) is 11.0 Å². The number of para-hydroxylation sites is 2. The van der Waals surface area contributed by atoms with E-state index in [0.29, 0.717) is 11.0 Å². The Bertz CT molecular complexity index is 1260. The molecule has 2 aromatic carbocycles. The number of fused-ring (bicyclic) bond motifs is 4. The molecule has 0 atom stereocenters. The second-order valence-corrected chi connectivity index (χ2v) is 5.28. The molecule has 7 nitrogen and oxygen atoms in total.